The van der Waals surface area contributed by atoms with Gasteiger partial charge in [0.2, 0.25) is 5.91 Å². The van der Waals surface area contributed by atoms with Gasteiger partial charge in [0.05, 0.1) is 6.61 Å². The Kier molecular flexibility index (Phi) is 6.71. The summed E-state index contributed by atoms with van der Waals surface area (Å²) in [6, 6.07) is 0. The van der Waals surface area contributed by atoms with E-state index < -0.39 is 0 Å². The van der Waals surface area contributed by atoms with Crippen molar-refractivity contribution in [3.05, 3.63) is 0 Å². The Bertz CT molecular complexity index is 325. The van der Waals surface area contributed by atoms with Crippen molar-refractivity contribution in [2.24, 2.45) is 11.3 Å². The second-order valence-electron chi connectivity index (χ2n) is 8.46. The molecule has 0 aliphatic heterocycles. The van der Waals surface area contributed by atoms with Gasteiger partial charge in [-0.05, 0) is 50.9 Å². The zero-order chi connectivity index (χ0) is 16.1. The van der Waals surface area contributed by atoms with Gasteiger partial charge in [0.25, 0.3) is 0 Å². The second-order valence-corrected chi connectivity index (χ2v) is 8.46. The van der Waals surface area contributed by atoms with E-state index in [1.807, 2.05) is 0 Å². The Balaban J connectivity index is 2.59. The standard InChI is InChI=1S/C18H35NO2/c1-7-18(5,6)19-16(20)15(12-17(2,3)4)21-13-14-10-8-9-11-14/h14-15H,7-13H2,1-6H3,(H,19,20). The van der Waals surface area contributed by atoms with Crippen molar-refractivity contribution in [1.29, 1.82) is 0 Å². The number of rotatable bonds is 7. The Morgan fingerprint density at radius 2 is 1.76 bits per heavy atom. The van der Waals surface area contributed by atoms with Crippen molar-refractivity contribution >= 4 is 5.91 Å². The molecule has 1 rings (SSSR count). The Morgan fingerprint density at radius 1 is 1.19 bits per heavy atom. The van der Waals surface area contributed by atoms with Crippen LogP contribution in [-0.4, -0.2) is 24.2 Å². The predicted octanol–water partition coefficient (Wildman–Crippen LogP) is 4.30. The van der Waals surface area contributed by atoms with Crippen LogP contribution in [0.25, 0.3) is 0 Å². The van der Waals surface area contributed by atoms with Crippen LogP contribution in [0.2, 0.25) is 0 Å². The smallest absolute Gasteiger partial charge is 0.249 e. The highest BCUT2D eigenvalue weighted by atomic mass is 16.5. The molecule has 3 nitrogen and oxygen atoms in total. The van der Waals surface area contributed by atoms with E-state index in [0.717, 1.165) is 19.4 Å². The van der Waals surface area contributed by atoms with Crippen LogP contribution >= 0.6 is 0 Å². The fourth-order valence-electron chi connectivity index (χ4n) is 2.72. The molecule has 124 valence electrons. The predicted molar refractivity (Wildman–Crippen MR) is 88.3 cm³/mol. The summed E-state index contributed by atoms with van der Waals surface area (Å²) in [5.41, 5.74) is -0.0715. The van der Waals surface area contributed by atoms with Gasteiger partial charge in [-0.1, -0.05) is 40.5 Å². The van der Waals surface area contributed by atoms with Crippen LogP contribution in [0, 0.1) is 11.3 Å². The molecule has 1 N–H and O–H groups in total. The summed E-state index contributed by atoms with van der Waals surface area (Å²) in [6.45, 7) is 13.5. The summed E-state index contributed by atoms with van der Waals surface area (Å²) >= 11 is 0. The SMILES string of the molecule is CCC(C)(C)NC(=O)C(CC(C)(C)C)OCC1CCCC1. The maximum Gasteiger partial charge on any atom is 0.249 e. The van der Waals surface area contributed by atoms with Crippen LogP contribution in [0.4, 0.5) is 0 Å². The fraction of sp³-hybridized carbons (Fsp3) is 0.944. The Hall–Kier alpha value is -0.570. The fourth-order valence-corrected chi connectivity index (χ4v) is 2.72. The summed E-state index contributed by atoms with van der Waals surface area (Å²) in [7, 11) is 0. The first kappa shape index (κ1) is 18.5. The zero-order valence-electron chi connectivity index (χ0n) is 14.9. The van der Waals surface area contributed by atoms with Crippen molar-refractivity contribution in [3.8, 4) is 0 Å². The average molecular weight is 297 g/mol. The van der Waals surface area contributed by atoms with Crippen molar-refractivity contribution in [2.45, 2.75) is 91.7 Å². The van der Waals surface area contributed by atoms with Crippen LogP contribution < -0.4 is 5.32 Å². The number of carbonyl (C=O) groups is 1. The summed E-state index contributed by atoms with van der Waals surface area (Å²) in [4.78, 5) is 12.6. The quantitative estimate of drug-likeness (QED) is 0.760. The lowest BCUT2D eigenvalue weighted by atomic mass is 9.88. The minimum Gasteiger partial charge on any atom is -0.368 e. The van der Waals surface area contributed by atoms with Gasteiger partial charge in [0.1, 0.15) is 6.10 Å². The molecule has 0 spiro atoms. The topological polar surface area (TPSA) is 38.3 Å². The van der Waals surface area contributed by atoms with E-state index >= 15 is 0 Å². The first-order chi connectivity index (χ1) is 9.63. The van der Waals surface area contributed by atoms with E-state index in [1.165, 1.54) is 25.7 Å². The number of carbonyl (C=O) groups excluding carboxylic acids is 1. The van der Waals surface area contributed by atoms with Crippen LogP contribution in [0.3, 0.4) is 0 Å². The van der Waals surface area contributed by atoms with Crippen molar-refractivity contribution in [2.75, 3.05) is 6.61 Å². The van der Waals surface area contributed by atoms with Gasteiger partial charge in [-0.3, -0.25) is 4.79 Å². The van der Waals surface area contributed by atoms with E-state index in [2.05, 4.69) is 46.9 Å². The van der Waals surface area contributed by atoms with E-state index in [-0.39, 0.29) is 23.0 Å². The molecule has 0 bridgehead atoms. The molecule has 1 amide bonds. The highest BCUT2D eigenvalue weighted by Crippen LogP contribution is 2.27. The molecular formula is C18H35NO2. The molecule has 0 radical (unpaired) electrons. The largest absolute Gasteiger partial charge is 0.368 e. The molecule has 1 fully saturated rings. The molecule has 1 aliphatic rings. The van der Waals surface area contributed by atoms with Gasteiger partial charge in [-0.25, -0.2) is 0 Å². The average Bonchev–Trinajstić information content (AvgIpc) is 2.85. The third kappa shape index (κ3) is 7.30. The van der Waals surface area contributed by atoms with Crippen LogP contribution in [0.1, 0.15) is 80.1 Å². The zero-order valence-corrected chi connectivity index (χ0v) is 14.9. The summed E-state index contributed by atoms with van der Waals surface area (Å²) in [5.74, 6) is 0.703. The first-order valence-corrected chi connectivity index (χ1v) is 8.56. The molecule has 1 aliphatic carbocycles. The number of hydrogen-bond acceptors (Lipinski definition) is 2. The van der Waals surface area contributed by atoms with E-state index in [0.29, 0.717) is 5.92 Å². The highest BCUT2D eigenvalue weighted by Gasteiger charge is 2.30. The van der Waals surface area contributed by atoms with Crippen molar-refractivity contribution < 1.29 is 9.53 Å². The summed E-state index contributed by atoms with van der Waals surface area (Å²) in [6.07, 6.45) is 6.50. The van der Waals surface area contributed by atoms with E-state index in [1.54, 1.807) is 0 Å². The molecule has 0 aromatic rings. The number of amides is 1. The lowest BCUT2D eigenvalue weighted by Gasteiger charge is -2.31. The number of ether oxygens (including phenoxy) is 1. The van der Waals surface area contributed by atoms with E-state index in [4.69, 9.17) is 4.74 Å². The third-order valence-corrected chi connectivity index (χ3v) is 4.44. The molecule has 1 saturated carbocycles. The van der Waals surface area contributed by atoms with Crippen molar-refractivity contribution in [3.63, 3.8) is 0 Å². The second kappa shape index (κ2) is 7.62. The molecule has 0 saturated heterocycles. The van der Waals surface area contributed by atoms with Crippen LogP contribution in [-0.2, 0) is 9.53 Å². The molecule has 0 aromatic heterocycles. The summed E-state index contributed by atoms with van der Waals surface area (Å²) < 4.78 is 6.04. The molecule has 0 heterocycles. The van der Waals surface area contributed by atoms with Crippen LogP contribution in [0.5, 0.6) is 0 Å². The molecule has 0 aromatic carbocycles. The molecule has 3 heteroatoms. The molecular weight excluding hydrogens is 262 g/mol. The maximum absolute atomic E-state index is 12.6. The molecule has 1 atom stereocenters. The van der Waals surface area contributed by atoms with Gasteiger partial charge in [-0.2, -0.15) is 0 Å². The van der Waals surface area contributed by atoms with Gasteiger partial charge in [0.15, 0.2) is 0 Å². The van der Waals surface area contributed by atoms with Crippen LogP contribution in [0.15, 0.2) is 0 Å². The lowest BCUT2D eigenvalue weighted by molar-refractivity contribution is -0.137. The summed E-state index contributed by atoms with van der Waals surface area (Å²) in [5, 5.41) is 3.14. The third-order valence-electron chi connectivity index (χ3n) is 4.44. The van der Waals surface area contributed by atoms with Crippen molar-refractivity contribution in [1.82, 2.24) is 5.32 Å². The lowest BCUT2D eigenvalue weighted by Crippen LogP contribution is -2.49. The van der Waals surface area contributed by atoms with Gasteiger partial charge in [-0.15, -0.1) is 0 Å². The Labute approximate surface area is 131 Å². The molecule has 1 unspecified atom stereocenters. The minimum atomic E-state index is -0.323. The monoisotopic (exact) mass is 297 g/mol. The normalized spacial score (nSPS) is 18.8. The minimum absolute atomic E-state index is 0.0507. The number of nitrogens with one attached hydrogen (secondary N) is 1. The van der Waals surface area contributed by atoms with Gasteiger partial charge in [0, 0.05) is 5.54 Å². The highest BCUT2D eigenvalue weighted by molar-refractivity contribution is 5.81. The van der Waals surface area contributed by atoms with Gasteiger partial charge < -0.3 is 10.1 Å². The molecule has 21 heavy (non-hydrogen) atoms. The first-order valence-electron chi connectivity index (χ1n) is 8.56. The van der Waals surface area contributed by atoms with Gasteiger partial charge >= 0.3 is 0 Å². The Morgan fingerprint density at radius 3 is 2.24 bits per heavy atom. The number of hydrogen-bond donors (Lipinski definition) is 1. The maximum atomic E-state index is 12.6. The van der Waals surface area contributed by atoms with E-state index in [9.17, 15) is 4.79 Å².